The van der Waals surface area contributed by atoms with Crippen molar-refractivity contribution in [3.05, 3.63) is 40.9 Å². The van der Waals surface area contributed by atoms with E-state index in [1.807, 2.05) is 5.38 Å². The number of halogens is 2. The second-order valence-electron chi connectivity index (χ2n) is 8.23. The van der Waals surface area contributed by atoms with Crippen LogP contribution in [0.2, 0.25) is 0 Å². The number of anilines is 1. The van der Waals surface area contributed by atoms with Crippen LogP contribution in [0.15, 0.2) is 27.9 Å². The van der Waals surface area contributed by atoms with E-state index in [0.717, 1.165) is 49.9 Å². The molecule has 0 atom stereocenters. The van der Waals surface area contributed by atoms with Crippen LogP contribution in [0.4, 0.5) is 19.3 Å². The van der Waals surface area contributed by atoms with Crippen molar-refractivity contribution in [3.63, 3.8) is 0 Å². The third-order valence-corrected chi connectivity index (χ3v) is 7.19. The highest BCUT2D eigenvalue weighted by molar-refractivity contribution is 8.02. The molecule has 10 heteroatoms. The van der Waals surface area contributed by atoms with E-state index >= 15 is 0 Å². The van der Waals surface area contributed by atoms with E-state index in [0.29, 0.717) is 23.8 Å². The van der Waals surface area contributed by atoms with Gasteiger partial charge in [-0.1, -0.05) is 44.4 Å². The van der Waals surface area contributed by atoms with Crippen LogP contribution in [0.1, 0.15) is 58.6 Å². The Labute approximate surface area is 201 Å². The number of hydrogen-bond donors (Lipinski definition) is 2. The number of nitrogens with zero attached hydrogens (tertiary/aromatic N) is 2. The second-order valence-corrected chi connectivity index (χ2v) is 11.0. The number of aliphatic carboxylic acids is 1. The minimum atomic E-state index is -0.987. The third kappa shape index (κ3) is 8.92. The second kappa shape index (κ2) is 12.9. The van der Waals surface area contributed by atoms with Crippen molar-refractivity contribution >= 4 is 40.8 Å². The zero-order valence-electron chi connectivity index (χ0n) is 19.2. The normalized spacial score (nSPS) is 11.4. The first-order valence-electron chi connectivity index (χ1n) is 11.0. The van der Waals surface area contributed by atoms with Gasteiger partial charge in [0.25, 0.3) is 0 Å². The van der Waals surface area contributed by atoms with Crippen molar-refractivity contribution in [1.82, 2.24) is 9.88 Å². The van der Waals surface area contributed by atoms with Crippen molar-refractivity contribution in [1.29, 1.82) is 0 Å². The number of thiazole rings is 1. The summed E-state index contributed by atoms with van der Waals surface area (Å²) in [7, 11) is 0. The number of benzene rings is 1. The number of unbranched alkanes of at least 4 members (excludes halogenated alkanes) is 4. The predicted octanol–water partition coefficient (Wildman–Crippen LogP) is 6.42. The molecule has 2 N–H and O–H groups in total. The molecule has 0 bridgehead atoms. The minimum Gasteiger partial charge on any atom is -0.480 e. The quantitative estimate of drug-likeness (QED) is 0.245. The molecule has 0 aliphatic carbocycles. The van der Waals surface area contributed by atoms with E-state index in [2.05, 4.69) is 17.2 Å². The van der Waals surface area contributed by atoms with Crippen LogP contribution in [-0.4, -0.2) is 44.8 Å². The zero-order valence-corrected chi connectivity index (χ0v) is 20.8. The highest BCUT2D eigenvalue weighted by Gasteiger charge is 2.29. The fourth-order valence-electron chi connectivity index (χ4n) is 2.97. The van der Waals surface area contributed by atoms with Crippen molar-refractivity contribution in [3.8, 4) is 0 Å². The number of carbonyl (C=O) groups excluding carboxylic acids is 1. The zero-order chi connectivity index (χ0) is 24.4. The summed E-state index contributed by atoms with van der Waals surface area (Å²) in [5.41, 5.74) is 0.695. The van der Waals surface area contributed by atoms with Gasteiger partial charge in [0.15, 0.2) is 4.34 Å². The van der Waals surface area contributed by atoms with Gasteiger partial charge in [-0.15, -0.1) is 11.3 Å². The molecule has 33 heavy (non-hydrogen) atoms. The Balaban J connectivity index is 2.01. The molecule has 0 spiro atoms. The first kappa shape index (κ1) is 27.0. The minimum absolute atomic E-state index is 0.0689. The van der Waals surface area contributed by atoms with Gasteiger partial charge in [-0.05, 0) is 32.4 Å². The SMILES string of the molecule is CCCCCCCN(CCc1csc(SC(C)(C)C(=O)O)n1)C(=O)Nc1ccc(F)cc1F. The number of amides is 2. The van der Waals surface area contributed by atoms with Crippen LogP contribution in [0.25, 0.3) is 0 Å². The summed E-state index contributed by atoms with van der Waals surface area (Å²) in [4.78, 5) is 30.3. The summed E-state index contributed by atoms with van der Waals surface area (Å²) < 4.78 is 26.8. The lowest BCUT2D eigenvalue weighted by Gasteiger charge is -2.23. The first-order valence-corrected chi connectivity index (χ1v) is 12.7. The number of carboxylic acid groups (broad SMARTS) is 1. The maximum absolute atomic E-state index is 14.0. The summed E-state index contributed by atoms with van der Waals surface area (Å²) in [5.74, 6) is -2.45. The summed E-state index contributed by atoms with van der Waals surface area (Å²) in [6.07, 6.45) is 5.65. The Morgan fingerprint density at radius 1 is 1.18 bits per heavy atom. The summed E-state index contributed by atoms with van der Waals surface area (Å²) in [5, 5.41) is 13.7. The Bertz CT molecular complexity index is 937. The number of carbonyl (C=O) groups is 2. The average Bonchev–Trinajstić information content (AvgIpc) is 3.18. The molecule has 1 heterocycles. The fraction of sp³-hybridized carbons (Fsp3) is 0.522. The summed E-state index contributed by atoms with van der Waals surface area (Å²) >= 11 is 2.56. The number of carboxylic acids is 1. The van der Waals surface area contributed by atoms with Gasteiger partial charge >= 0.3 is 12.0 Å². The van der Waals surface area contributed by atoms with Gasteiger partial charge in [-0.25, -0.2) is 18.6 Å². The summed E-state index contributed by atoms with van der Waals surface area (Å²) in [6.45, 7) is 6.27. The highest BCUT2D eigenvalue weighted by Crippen LogP contribution is 2.34. The van der Waals surface area contributed by atoms with E-state index in [1.165, 1.54) is 29.2 Å². The molecule has 0 saturated carbocycles. The van der Waals surface area contributed by atoms with E-state index in [9.17, 15) is 23.5 Å². The van der Waals surface area contributed by atoms with E-state index in [4.69, 9.17) is 0 Å². The van der Waals surface area contributed by atoms with Gasteiger partial charge in [0.2, 0.25) is 0 Å². The molecular formula is C23H31F2N3O3S2. The molecule has 1 aromatic heterocycles. The average molecular weight is 500 g/mol. The molecule has 2 amide bonds. The van der Waals surface area contributed by atoms with Gasteiger partial charge in [-0.3, -0.25) is 4.79 Å². The Kier molecular flexibility index (Phi) is 10.6. The van der Waals surface area contributed by atoms with E-state index in [1.54, 1.807) is 18.7 Å². The molecule has 2 aromatic rings. The largest absolute Gasteiger partial charge is 0.480 e. The van der Waals surface area contributed by atoms with Crippen LogP contribution in [0.5, 0.6) is 0 Å². The number of nitrogens with one attached hydrogen (secondary N) is 1. The third-order valence-electron chi connectivity index (χ3n) is 5.02. The topological polar surface area (TPSA) is 82.5 Å². The van der Waals surface area contributed by atoms with Crippen molar-refractivity contribution in [2.24, 2.45) is 0 Å². The van der Waals surface area contributed by atoms with Crippen LogP contribution >= 0.6 is 23.1 Å². The van der Waals surface area contributed by atoms with Crippen molar-refractivity contribution < 1.29 is 23.5 Å². The number of aromatic nitrogens is 1. The lowest BCUT2D eigenvalue weighted by Crippen LogP contribution is -2.37. The predicted molar refractivity (Wildman–Crippen MR) is 129 cm³/mol. The van der Waals surface area contributed by atoms with E-state index < -0.39 is 28.4 Å². The van der Waals surface area contributed by atoms with Crippen LogP contribution < -0.4 is 5.32 Å². The molecule has 0 aliphatic heterocycles. The lowest BCUT2D eigenvalue weighted by molar-refractivity contribution is -0.138. The van der Waals surface area contributed by atoms with Gasteiger partial charge in [0.1, 0.15) is 16.4 Å². The van der Waals surface area contributed by atoms with E-state index in [-0.39, 0.29) is 5.69 Å². The molecule has 1 aromatic carbocycles. The molecule has 2 rings (SSSR count). The molecule has 0 unspecified atom stereocenters. The Morgan fingerprint density at radius 3 is 2.58 bits per heavy atom. The smallest absolute Gasteiger partial charge is 0.321 e. The number of hydrogen-bond acceptors (Lipinski definition) is 5. The van der Waals surface area contributed by atoms with Gasteiger partial charge in [0, 0.05) is 31.0 Å². The number of thioether (sulfide) groups is 1. The first-order chi connectivity index (χ1) is 15.6. The molecular weight excluding hydrogens is 468 g/mol. The van der Waals surface area contributed by atoms with Crippen molar-refractivity contribution in [2.45, 2.75) is 68.4 Å². The molecule has 6 nitrogen and oxygen atoms in total. The molecule has 0 radical (unpaired) electrons. The van der Waals surface area contributed by atoms with Crippen LogP contribution in [0.3, 0.4) is 0 Å². The standard InChI is InChI=1S/C23H31F2N3O3S2/c1-4-5-6-7-8-12-28(21(31)27-19-10-9-16(24)14-18(19)25)13-11-17-15-32-22(26-17)33-23(2,3)20(29)30/h9-10,14-15H,4-8,11-13H2,1-3H3,(H,27,31)(H,29,30). The molecule has 0 aliphatic rings. The fourth-order valence-corrected chi connectivity index (χ4v) is 5.19. The van der Waals surface area contributed by atoms with Crippen molar-refractivity contribution in [2.75, 3.05) is 18.4 Å². The lowest BCUT2D eigenvalue weighted by atomic mass is 10.1. The maximum atomic E-state index is 14.0. The van der Waals surface area contributed by atoms with Crippen LogP contribution in [0, 0.1) is 11.6 Å². The number of rotatable bonds is 13. The summed E-state index contributed by atoms with van der Waals surface area (Å²) in [6, 6.07) is 2.59. The Morgan fingerprint density at radius 2 is 1.91 bits per heavy atom. The molecule has 0 saturated heterocycles. The highest BCUT2D eigenvalue weighted by atomic mass is 32.2. The van der Waals surface area contributed by atoms with Gasteiger partial charge < -0.3 is 15.3 Å². The van der Waals surface area contributed by atoms with Crippen LogP contribution in [-0.2, 0) is 11.2 Å². The monoisotopic (exact) mass is 499 g/mol. The molecule has 182 valence electrons. The maximum Gasteiger partial charge on any atom is 0.321 e. The number of urea groups is 1. The molecule has 0 fully saturated rings. The van der Waals surface area contributed by atoms with Gasteiger partial charge in [-0.2, -0.15) is 0 Å². The Hall–Kier alpha value is -2.20. The van der Waals surface area contributed by atoms with Gasteiger partial charge in [0.05, 0.1) is 11.4 Å².